The molecule has 0 spiro atoms. The number of hydrogen-bond acceptors (Lipinski definition) is 4. The molecule has 0 aliphatic rings. The highest BCUT2D eigenvalue weighted by molar-refractivity contribution is 5.48. The fraction of sp³-hybridized carbons (Fsp3) is 0.312. The molecule has 0 aliphatic carbocycles. The second-order valence-corrected chi connectivity index (χ2v) is 4.41. The molecule has 4 nitrogen and oxygen atoms in total. The number of benzene rings is 1. The first-order chi connectivity index (χ1) is 9.88. The summed E-state index contributed by atoms with van der Waals surface area (Å²) < 4.78 is 10.7. The van der Waals surface area contributed by atoms with Crippen LogP contribution < -0.4 is 10.1 Å². The first-order valence-electron chi connectivity index (χ1n) is 6.88. The van der Waals surface area contributed by atoms with Crippen molar-refractivity contribution >= 4 is 6.08 Å². The van der Waals surface area contributed by atoms with Crippen LogP contribution in [0.2, 0.25) is 0 Å². The Bertz CT molecular complexity index is 520. The minimum Gasteiger partial charge on any atom is -0.446 e. The molecular formula is C16H20N2O2. The third kappa shape index (κ3) is 4.90. The van der Waals surface area contributed by atoms with E-state index in [9.17, 15) is 0 Å². The largest absolute Gasteiger partial charge is 0.446 e. The molecule has 0 saturated heterocycles. The Labute approximate surface area is 119 Å². The van der Waals surface area contributed by atoms with Gasteiger partial charge in [0.1, 0.15) is 12.9 Å². The van der Waals surface area contributed by atoms with Crippen LogP contribution in [-0.2, 0) is 6.54 Å². The van der Waals surface area contributed by atoms with E-state index in [1.165, 1.54) is 0 Å². The monoisotopic (exact) mass is 272 g/mol. The molecule has 0 atom stereocenters. The Morgan fingerprint density at radius 2 is 2.15 bits per heavy atom. The number of rotatable bonds is 8. The molecule has 0 radical (unpaired) electrons. The maximum absolute atomic E-state index is 5.42. The number of nitrogens with one attached hydrogen (secondary N) is 1. The van der Waals surface area contributed by atoms with Crippen LogP contribution in [0, 0.1) is 0 Å². The van der Waals surface area contributed by atoms with Gasteiger partial charge in [-0.15, -0.1) is 0 Å². The number of aromatic nitrogens is 1. The number of hydrogen-bond donors (Lipinski definition) is 1. The molecule has 0 amide bonds. The van der Waals surface area contributed by atoms with Gasteiger partial charge in [-0.2, -0.15) is 4.98 Å². The molecule has 20 heavy (non-hydrogen) atoms. The molecule has 0 fully saturated rings. The van der Waals surface area contributed by atoms with E-state index in [-0.39, 0.29) is 0 Å². The van der Waals surface area contributed by atoms with Crippen molar-refractivity contribution in [2.75, 3.05) is 13.2 Å². The molecule has 2 aromatic rings. The minimum atomic E-state index is 0.316. The van der Waals surface area contributed by atoms with Gasteiger partial charge >= 0.3 is 6.08 Å². The van der Waals surface area contributed by atoms with E-state index in [1.54, 1.807) is 6.26 Å². The van der Waals surface area contributed by atoms with Crippen molar-refractivity contribution in [3.8, 4) is 6.08 Å². The summed E-state index contributed by atoms with van der Waals surface area (Å²) in [4.78, 5) is 4.24. The third-order valence-corrected chi connectivity index (χ3v) is 2.68. The van der Waals surface area contributed by atoms with Crippen molar-refractivity contribution in [1.82, 2.24) is 10.3 Å². The van der Waals surface area contributed by atoms with Crippen molar-refractivity contribution in [3.63, 3.8) is 0 Å². The first kappa shape index (κ1) is 14.3. The molecule has 0 unspecified atom stereocenters. The molecule has 0 aliphatic heterocycles. The second-order valence-electron chi connectivity index (χ2n) is 4.41. The molecule has 0 bridgehead atoms. The molecule has 2 rings (SSSR count). The Morgan fingerprint density at radius 3 is 2.95 bits per heavy atom. The SMILES string of the molecule is CCCNCc1coc(OC/C=C/c2ccccc2)n1. The van der Waals surface area contributed by atoms with Gasteiger partial charge in [0.25, 0.3) is 0 Å². The smallest absolute Gasteiger partial charge is 0.394 e. The lowest BCUT2D eigenvalue weighted by molar-refractivity contribution is 0.259. The molecule has 1 N–H and O–H groups in total. The summed E-state index contributed by atoms with van der Waals surface area (Å²) in [7, 11) is 0. The van der Waals surface area contributed by atoms with E-state index < -0.39 is 0 Å². The lowest BCUT2D eigenvalue weighted by atomic mass is 10.2. The van der Waals surface area contributed by atoms with E-state index in [0.29, 0.717) is 19.2 Å². The standard InChI is InChI=1S/C16H20N2O2/c1-2-10-17-12-15-13-20-16(18-15)19-11-6-9-14-7-4-3-5-8-14/h3-9,13,17H,2,10-12H2,1H3/b9-6+. The lowest BCUT2D eigenvalue weighted by Gasteiger charge is -1.97. The highest BCUT2D eigenvalue weighted by atomic mass is 16.6. The zero-order chi connectivity index (χ0) is 14.0. The van der Waals surface area contributed by atoms with Crippen molar-refractivity contribution in [3.05, 3.63) is 53.9 Å². The van der Waals surface area contributed by atoms with Crippen LogP contribution in [0.25, 0.3) is 6.08 Å². The van der Waals surface area contributed by atoms with Gasteiger partial charge in [0.2, 0.25) is 0 Å². The van der Waals surface area contributed by atoms with Crippen molar-refractivity contribution in [2.45, 2.75) is 19.9 Å². The topological polar surface area (TPSA) is 47.3 Å². The van der Waals surface area contributed by atoms with Gasteiger partial charge in [0.05, 0.1) is 5.69 Å². The van der Waals surface area contributed by atoms with Crippen LogP contribution in [0.5, 0.6) is 6.08 Å². The number of nitrogens with zero attached hydrogens (tertiary/aromatic N) is 1. The van der Waals surface area contributed by atoms with Crippen molar-refractivity contribution in [2.24, 2.45) is 0 Å². The summed E-state index contributed by atoms with van der Waals surface area (Å²) in [5.41, 5.74) is 2.01. The predicted molar refractivity (Wildman–Crippen MR) is 79.5 cm³/mol. The summed E-state index contributed by atoms with van der Waals surface area (Å²) in [6.07, 6.45) is 6.99. The second kappa shape index (κ2) is 8.17. The average molecular weight is 272 g/mol. The summed E-state index contributed by atoms with van der Waals surface area (Å²) in [6.45, 7) is 4.25. The Kier molecular flexibility index (Phi) is 5.86. The van der Waals surface area contributed by atoms with Gasteiger partial charge in [0, 0.05) is 6.54 Å². The minimum absolute atomic E-state index is 0.316. The van der Waals surface area contributed by atoms with Crippen LogP contribution in [0.3, 0.4) is 0 Å². The van der Waals surface area contributed by atoms with Gasteiger partial charge in [-0.25, -0.2) is 0 Å². The zero-order valence-electron chi connectivity index (χ0n) is 11.7. The molecule has 4 heteroatoms. The Balaban J connectivity index is 1.73. The fourth-order valence-corrected chi connectivity index (χ4v) is 1.70. The number of ether oxygens (including phenoxy) is 1. The average Bonchev–Trinajstić information content (AvgIpc) is 2.93. The van der Waals surface area contributed by atoms with Gasteiger partial charge in [-0.05, 0) is 24.6 Å². The Morgan fingerprint density at radius 1 is 1.30 bits per heavy atom. The zero-order valence-corrected chi connectivity index (χ0v) is 11.7. The molecule has 1 aromatic heterocycles. The highest BCUT2D eigenvalue weighted by Crippen LogP contribution is 2.10. The molecule has 1 heterocycles. The summed E-state index contributed by atoms with van der Waals surface area (Å²) >= 11 is 0. The van der Waals surface area contributed by atoms with Crippen LogP contribution in [-0.4, -0.2) is 18.1 Å². The highest BCUT2D eigenvalue weighted by Gasteiger charge is 2.03. The quantitative estimate of drug-likeness (QED) is 0.749. The van der Waals surface area contributed by atoms with Crippen molar-refractivity contribution < 1.29 is 9.15 Å². The molecular weight excluding hydrogens is 252 g/mol. The maximum atomic E-state index is 5.42. The molecule has 0 saturated carbocycles. The lowest BCUT2D eigenvalue weighted by Crippen LogP contribution is -2.13. The number of oxazole rings is 1. The normalized spacial score (nSPS) is 11.1. The van der Waals surface area contributed by atoms with E-state index in [0.717, 1.165) is 24.2 Å². The first-order valence-corrected chi connectivity index (χ1v) is 6.88. The summed E-state index contributed by atoms with van der Waals surface area (Å²) in [6, 6.07) is 10.1. The van der Waals surface area contributed by atoms with Gasteiger partial charge in [0.15, 0.2) is 0 Å². The van der Waals surface area contributed by atoms with Crippen molar-refractivity contribution in [1.29, 1.82) is 0 Å². The summed E-state index contributed by atoms with van der Waals surface area (Å²) in [5.74, 6) is 0. The maximum Gasteiger partial charge on any atom is 0.394 e. The van der Waals surface area contributed by atoms with E-state index in [1.807, 2.05) is 42.5 Å². The van der Waals surface area contributed by atoms with Gasteiger partial charge < -0.3 is 14.5 Å². The summed E-state index contributed by atoms with van der Waals surface area (Å²) in [5, 5.41) is 3.26. The third-order valence-electron chi connectivity index (χ3n) is 2.68. The molecule has 106 valence electrons. The van der Waals surface area contributed by atoms with E-state index in [4.69, 9.17) is 9.15 Å². The predicted octanol–water partition coefficient (Wildman–Crippen LogP) is 3.27. The van der Waals surface area contributed by atoms with Gasteiger partial charge in [-0.1, -0.05) is 43.3 Å². The van der Waals surface area contributed by atoms with E-state index in [2.05, 4.69) is 17.2 Å². The van der Waals surface area contributed by atoms with Gasteiger partial charge in [-0.3, -0.25) is 0 Å². The van der Waals surface area contributed by atoms with E-state index >= 15 is 0 Å². The fourth-order valence-electron chi connectivity index (χ4n) is 1.70. The molecule has 1 aromatic carbocycles. The Hall–Kier alpha value is -2.07. The van der Waals surface area contributed by atoms with Crippen LogP contribution in [0.4, 0.5) is 0 Å². The van der Waals surface area contributed by atoms with Crippen LogP contribution >= 0.6 is 0 Å². The van der Waals surface area contributed by atoms with Crippen LogP contribution in [0.15, 0.2) is 47.1 Å². The van der Waals surface area contributed by atoms with Crippen LogP contribution in [0.1, 0.15) is 24.6 Å².